The second-order valence-electron chi connectivity index (χ2n) is 4.49. The fourth-order valence-electron chi connectivity index (χ4n) is 2.19. The zero-order valence-corrected chi connectivity index (χ0v) is 13.4. The van der Waals surface area contributed by atoms with E-state index in [-0.39, 0.29) is 0 Å². The molecule has 0 bridgehead atoms. The van der Waals surface area contributed by atoms with Gasteiger partial charge in [-0.15, -0.1) is 11.8 Å². The molecule has 0 aliphatic carbocycles. The molecular formula is C15H23ClO2S. The van der Waals surface area contributed by atoms with Crippen LogP contribution in [0.3, 0.4) is 0 Å². The number of hydrogen-bond acceptors (Lipinski definition) is 3. The van der Waals surface area contributed by atoms with Gasteiger partial charge in [0, 0.05) is 22.3 Å². The van der Waals surface area contributed by atoms with Gasteiger partial charge in [0.25, 0.3) is 0 Å². The smallest absolute Gasteiger partial charge is 0.0943 e. The summed E-state index contributed by atoms with van der Waals surface area (Å²) >= 11 is 7.57. The Morgan fingerprint density at radius 1 is 1.32 bits per heavy atom. The molecule has 1 rings (SSSR count). The number of ether oxygens (including phenoxy) is 1. The Hall–Kier alpha value is -0.220. The average Bonchev–Trinajstić information content (AvgIpc) is 2.42. The summed E-state index contributed by atoms with van der Waals surface area (Å²) in [5.74, 6) is 0.613. The van der Waals surface area contributed by atoms with E-state index in [0.717, 1.165) is 22.8 Å². The second-order valence-corrected chi connectivity index (χ2v) is 6.02. The van der Waals surface area contributed by atoms with E-state index in [1.807, 2.05) is 31.2 Å². The number of aliphatic hydroxyl groups is 1. The van der Waals surface area contributed by atoms with Crippen LogP contribution >= 0.6 is 23.4 Å². The molecule has 108 valence electrons. The monoisotopic (exact) mass is 302 g/mol. The highest BCUT2D eigenvalue weighted by atomic mass is 35.5. The molecule has 0 saturated carbocycles. The Morgan fingerprint density at radius 2 is 2.00 bits per heavy atom. The van der Waals surface area contributed by atoms with Crippen LogP contribution in [0.15, 0.2) is 29.2 Å². The van der Waals surface area contributed by atoms with Crippen LogP contribution in [-0.4, -0.2) is 29.2 Å². The van der Waals surface area contributed by atoms with Crippen LogP contribution in [0.2, 0.25) is 5.02 Å². The van der Waals surface area contributed by atoms with Crippen LogP contribution in [-0.2, 0) is 4.74 Å². The fourth-order valence-corrected chi connectivity index (χ4v) is 3.49. The van der Waals surface area contributed by atoms with Gasteiger partial charge in [0.05, 0.1) is 11.7 Å². The van der Waals surface area contributed by atoms with Crippen LogP contribution in [0.1, 0.15) is 33.6 Å². The van der Waals surface area contributed by atoms with E-state index in [0.29, 0.717) is 12.4 Å². The average molecular weight is 303 g/mol. The number of thioether (sulfide) groups is 1. The van der Waals surface area contributed by atoms with Gasteiger partial charge < -0.3 is 9.84 Å². The molecule has 1 unspecified atom stereocenters. The minimum Gasteiger partial charge on any atom is -0.389 e. The Kier molecular flexibility index (Phi) is 7.22. The molecule has 19 heavy (non-hydrogen) atoms. The maximum Gasteiger partial charge on any atom is 0.0943 e. The van der Waals surface area contributed by atoms with Gasteiger partial charge in [-0.3, -0.25) is 0 Å². The molecule has 4 heteroatoms. The third kappa shape index (κ3) is 4.67. The SMILES string of the molecule is CCOC(CC)(CC)C(O)CSc1cccc(Cl)c1. The van der Waals surface area contributed by atoms with Gasteiger partial charge >= 0.3 is 0 Å². The summed E-state index contributed by atoms with van der Waals surface area (Å²) in [6, 6.07) is 7.69. The molecule has 0 spiro atoms. The van der Waals surface area contributed by atoms with E-state index >= 15 is 0 Å². The first kappa shape index (κ1) is 16.8. The maximum absolute atomic E-state index is 10.4. The van der Waals surface area contributed by atoms with Gasteiger partial charge in [0.15, 0.2) is 0 Å². The quantitative estimate of drug-likeness (QED) is 0.722. The summed E-state index contributed by atoms with van der Waals surface area (Å²) in [6.07, 6.45) is 1.15. The van der Waals surface area contributed by atoms with E-state index in [4.69, 9.17) is 16.3 Å². The van der Waals surface area contributed by atoms with Crippen molar-refractivity contribution in [3.8, 4) is 0 Å². The molecule has 2 nitrogen and oxygen atoms in total. The van der Waals surface area contributed by atoms with Crippen molar-refractivity contribution in [3.05, 3.63) is 29.3 Å². The highest BCUT2D eigenvalue weighted by Gasteiger charge is 2.35. The van der Waals surface area contributed by atoms with Crippen molar-refractivity contribution >= 4 is 23.4 Å². The van der Waals surface area contributed by atoms with Crippen LogP contribution in [0.25, 0.3) is 0 Å². The normalized spacial score (nSPS) is 13.5. The van der Waals surface area contributed by atoms with E-state index in [9.17, 15) is 5.11 Å². The van der Waals surface area contributed by atoms with Gasteiger partial charge in [0.2, 0.25) is 0 Å². The zero-order chi connectivity index (χ0) is 14.3. The van der Waals surface area contributed by atoms with E-state index < -0.39 is 11.7 Å². The van der Waals surface area contributed by atoms with Crippen LogP contribution < -0.4 is 0 Å². The topological polar surface area (TPSA) is 29.5 Å². The Morgan fingerprint density at radius 3 is 2.53 bits per heavy atom. The lowest BCUT2D eigenvalue weighted by molar-refractivity contribution is -0.116. The standard InChI is InChI=1S/C15H23ClO2S/c1-4-15(5-2,18-6-3)14(17)11-19-13-9-7-8-12(16)10-13/h7-10,14,17H,4-6,11H2,1-3H3. The summed E-state index contributed by atoms with van der Waals surface area (Å²) in [5.41, 5.74) is -0.430. The lowest BCUT2D eigenvalue weighted by Crippen LogP contribution is -2.45. The van der Waals surface area contributed by atoms with Crippen LogP contribution in [0.4, 0.5) is 0 Å². The first-order valence-corrected chi connectivity index (χ1v) is 8.14. The van der Waals surface area contributed by atoms with Crippen molar-refractivity contribution in [3.63, 3.8) is 0 Å². The lowest BCUT2D eigenvalue weighted by Gasteiger charge is -2.36. The summed E-state index contributed by atoms with van der Waals surface area (Å²) in [4.78, 5) is 1.07. The molecular weight excluding hydrogens is 280 g/mol. The molecule has 0 saturated heterocycles. The molecule has 0 heterocycles. The van der Waals surface area contributed by atoms with Gasteiger partial charge in [-0.1, -0.05) is 31.5 Å². The minimum atomic E-state index is -0.480. The first-order valence-electron chi connectivity index (χ1n) is 6.78. The largest absolute Gasteiger partial charge is 0.389 e. The van der Waals surface area contributed by atoms with Crippen molar-refractivity contribution in [2.24, 2.45) is 0 Å². The summed E-state index contributed by atoms with van der Waals surface area (Å²) in [7, 11) is 0. The number of halogens is 1. The zero-order valence-electron chi connectivity index (χ0n) is 11.9. The van der Waals surface area contributed by atoms with E-state index in [2.05, 4.69) is 13.8 Å². The number of aliphatic hydroxyl groups excluding tert-OH is 1. The Labute approximate surface area is 125 Å². The molecule has 1 N–H and O–H groups in total. The Balaban J connectivity index is 2.64. The molecule has 0 aromatic heterocycles. The van der Waals surface area contributed by atoms with Crippen molar-refractivity contribution in [1.29, 1.82) is 0 Å². The molecule has 1 aromatic rings. The van der Waals surface area contributed by atoms with Crippen LogP contribution in [0.5, 0.6) is 0 Å². The molecule has 0 amide bonds. The van der Waals surface area contributed by atoms with Gasteiger partial charge in [-0.25, -0.2) is 0 Å². The van der Waals surface area contributed by atoms with Gasteiger partial charge in [-0.2, -0.15) is 0 Å². The highest BCUT2D eigenvalue weighted by Crippen LogP contribution is 2.30. The minimum absolute atomic E-state index is 0.430. The summed E-state index contributed by atoms with van der Waals surface area (Å²) in [5, 5.41) is 11.2. The van der Waals surface area contributed by atoms with Crippen molar-refractivity contribution in [2.75, 3.05) is 12.4 Å². The van der Waals surface area contributed by atoms with E-state index in [1.165, 1.54) is 0 Å². The van der Waals surface area contributed by atoms with Crippen LogP contribution in [0, 0.1) is 0 Å². The third-order valence-electron chi connectivity index (χ3n) is 3.44. The number of benzene rings is 1. The Bertz CT molecular complexity index is 380. The highest BCUT2D eigenvalue weighted by molar-refractivity contribution is 7.99. The first-order chi connectivity index (χ1) is 9.07. The predicted molar refractivity (Wildman–Crippen MR) is 83.1 cm³/mol. The third-order valence-corrected chi connectivity index (χ3v) is 4.74. The van der Waals surface area contributed by atoms with Gasteiger partial charge in [0.1, 0.15) is 0 Å². The van der Waals surface area contributed by atoms with E-state index in [1.54, 1.807) is 11.8 Å². The second kappa shape index (κ2) is 8.15. The number of hydrogen-bond donors (Lipinski definition) is 1. The van der Waals surface area contributed by atoms with Crippen molar-refractivity contribution < 1.29 is 9.84 Å². The molecule has 1 atom stereocenters. The molecule has 1 aromatic carbocycles. The molecule has 0 fully saturated rings. The van der Waals surface area contributed by atoms with Gasteiger partial charge in [-0.05, 0) is 38.0 Å². The van der Waals surface area contributed by atoms with Crippen molar-refractivity contribution in [1.82, 2.24) is 0 Å². The summed E-state index contributed by atoms with van der Waals surface area (Å²) in [6.45, 7) is 6.72. The lowest BCUT2D eigenvalue weighted by atomic mass is 9.91. The maximum atomic E-state index is 10.4. The predicted octanol–water partition coefficient (Wildman–Crippen LogP) is 4.39. The molecule has 0 aliphatic rings. The fraction of sp³-hybridized carbons (Fsp3) is 0.600. The number of rotatable bonds is 8. The van der Waals surface area contributed by atoms with Crippen molar-refractivity contribution in [2.45, 2.75) is 50.2 Å². The molecule has 0 aliphatic heterocycles. The molecule has 0 radical (unpaired) electrons. The summed E-state index contributed by atoms with van der Waals surface area (Å²) < 4.78 is 5.81.